The summed E-state index contributed by atoms with van der Waals surface area (Å²) in [5, 5.41) is 21.9. The summed E-state index contributed by atoms with van der Waals surface area (Å²) >= 11 is 0. The number of carboxylic acids is 1. The Hall–Kier alpha value is -3.02. The van der Waals surface area contributed by atoms with E-state index >= 15 is 0 Å². The van der Waals surface area contributed by atoms with E-state index in [1.165, 1.54) is 11.6 Å². The van der Waals surface area contributed by atoms with Crippen LogP contribution in [-0.4, -0.2) is 33.5 Å². The van der Waals surface area contributed by atoms with Crippen LogP contribution in [0.15, 0.2) is 54.7 Å². The average Bonchev–Trinajstić information content (AvgIpc) is 3.31. The predicted molar refractivity (Wildman–Crippen MR) is 132 cm³/mol. The van der Waals surface area contributed by atoms with Gasteiger partial charge in [0.05, 0.1) is 0 Å². The fraction of sp³-hybridized carbons (Fsp3) is 0.481. The van der Waals surface area contributed by atoms with Gasteiger partial charge in [0.1, 0.15) is 17.9 Å². The number of phenolic OH excluding ortho intramolecular Hbond substituents is 1. The van der Waals surface area contributed by atoms with Crippen molar-refractivity contribution in [3.63, 3.8) is 0 Å². The summed E-state index contributed by atoms with van der Waals surface area (Å²) < 4.78 is 0. The van der Waals surface area contributed by atoms with Crippen molar-refractivity contribution in [2.75, 3.05) is 5.32 Å². The van der Waals surface area contributed by atoms with Gasteiger partial charge in [0, 0.05) is 24.2 Å². The van der Waals surface area contributed by atoms with Crippen LogP contribution in [0.1, 0.15) is 63.9 Å². The molecule has 4 N–H and O–H groups in total. The van der Waals surface area contributed by atoms with Crippen molar-refractivity contribution in [2.24, 2.45) is 11.8 Å². The Morgan fingerprint density at radius 1 is 1.03 bits per heavy atom. The van der Waals surface area contributed by atoms with Crippen LogP contribution in [0.25, 0.3) is 0 Å². The van der Waals surface area contributed by atoms with Gasteiger partial charge in [-0.2, -0.15) is 0 Å². The third-order valence-electron chi connectivity index (χ3n) is 6.00. The average molecular weight is 455 g/mol. The monoisotopic (exact) mass is 454 g/mol. The van der Waals surface area contributed by atoms with Crippen molar-refractivity contribution in [3.8, 4) is 5.75 Å². The van der Waals surface area contributed by atoms with Crippen molar-refractivity contribution < 1.29 is 19.8 Å². The van der Waals surface area contributed by atoms with E-state index in [0.29, 0.717) is 5.92 Å². The Balaban J connectivity index is 1.89. The lowest BCUT2D eigenvalue weighted by Crippen LogP contribution is -2.18. The first-order valence-corrected chi connectivity index (χ1v) is 12.0. The van der Waals surface area contributed by atoms with Gasteiger partial charge in [-0.25, -0.2) is 4.79 Å². The Bertz CT molecular complexity index is 830. The van der Waals surface area contributed by atoms with Crippen LogP contribution in [0.2, 0.25) is 0 Å². The van der Waals surface area contributed by atoms with Crippen molar-refractivity contribution in [3.05, 3.63) is 60.3 Å². The number of carbonyl (C=O) groups is 2. The van der Waals surface area contributed by atoms with Gasteiger partial charge in [-0.3, -0.25) is 0 Å². The molecule has 0 saturated carbocycles. The standard InChI is InChI=1S/C27H38N2O4/c1-21(20-30)7-3-2-4-8-22(19-23-12-15-25(31)16-13-23)9-5-10-24(14-17-27(32)33)29-26-11-6-18-28-26/h6,11-18,20-22,24,28-29,31H,2-5,7-10,19H2,1H3,(H,32,33)/b17-14+/t21-,22+,24+/m0/s1. The molecule has 180 valence electrons. The molecule has 0 bridgehead atoms. The number of carboxylic acid groups (broad SMARTS) is 1. The number of aromatic nitrogens is 1. The molecule has 0 fully saturated rings. The summed E-state index contributed by atoms with van der Waals surface area (Å²) in [6.07, 6.45) is 15.0. The molecule has 2 rings (SSSR count). The molecule has 6 nitrogen and oxygen atoms in total. The molecule has 0 aliphatic heterocycles. The summed E-state index contributed by atoms with van der Waals surface area (Å²) in [7, 11) is 0. The number of aromatic hydroxyl groups is 1. The fourth-order valence-electron chi connectivity index (χ4n) is 4.12. The molecule has 1 aromatic heterocycles. The highest BCUT2D eigenvalue weighted by Crippen LogP contribution is 2.24. The fourth-order valence-corrected chi connectivity index (χ4v) is 4.12. The maximum atomic E-state index is 11.0. The first kappa shape index (κ1) is 26.2. The van der Waals surface area contributed by atoms with Crippen molar-refractivity contribution in [1.82, 2.24) is 4.98 Å². The van der Waals surface area contributed by atoms with Gasteiger partial charge in [0.2, 0.25) is 0 Å². The van der Waals surface area contributed by atoms with Gasteiger partial charge >= 0.3 is 5.97 Å². The lowest BCUT2D eigenvalue weighted by atomic mass is 9.88. The third-order valence-corrected chi connectivity index (χ3v) is 6.00. The number of hydrogen-bond donors (Lipinski definition) is 4. The topological polar surface area (TPSA) is 102 Å². The lowest BCUT2D eigenvalue weighted by molar-refractivity contribution is -0.131. The number of H-pyrrole nitrogens is 1. The number of carbonyl (C=O) groups excluding carboxylic acids is 1. The normalized spacial score (nSPS) is 14.1. The molecule has 0 spiro atoms. The zero-order valence-corrected chi connectivity index (χ0v) is 19.6. The number of rotatable bonds is 17. The van der Waals surface area contributed by atoms with Crippen LogP contribution in [0.3, 0.4) is 0 Å². The number of unbranched alkanes of at least 4 members (excludes halogenated alkanes) is 2. The number of benzene rings is 1. The van der Waals surface area contributed by atoms with E-state index in [4.69, 9.17) is 5.11 Å². The number of hydrogen-bond acceptors (Lipinski definition) is 4. The molecule has 0 amide bonds. The summed E-state index contributed by atoms with van der Waals surface area (Å²) in [6, 6.07) is 11.2. The zero-order chi connectivity index (χ0) is 23.9. The second-order valence-corrected chi connectivity index (χ2v) is 8.95. The van der Waals surface area contributed by atoms with E-state index in [9.17, 15) is 14.7 Å². The number of aromatic amines is 1. The second-order valence-electron chi connectivity index (χ2n) is 8.95. The van der Waals surface area contributed by atoms with Crippen molar-refractivity contribution >= 4 is 18.1 Å². The summed E-state index contributed by atoms with van der Waals surface area (Å²) in [5.74, 6) is 0.874. The molecule has 1 aromatic carbocycles. The van der Waals surface area contributed by atoms with E-state index < -0.39 is 5.97 Å². The molecule has 0 aliphatic rings. The first-order valence-electron chi connectivity index (χ1n) is 12.0. The molecule has 2 aromatic rings. The molecule has 3 atom stereocenters. The molecule has 0 radical (unpaired) electrons. The van der Waals surface area contributed by atoms with E-state index in [-0.39, 0.29) is 17.7 Å². The van der Waals surface area contributed by atoms with Crippen LogP contribution in [-0.2, 0) is 16.0 Å². The van der Waals surface area contributed by atoms with E-state index in [0.717, 1.165) is 69.9 Å². The predicted octanol–water partition coefficient (Wildman–Crippen LogP) is 5.96. The molecule has 33 heavy (non-hydrogen) atoms. The number of aldehydes is 1. The first-order chi connectivity index (χ1) is 16.0. The number of phenols is 1. The highest BCUT2D eigenvalue weighted by Gasteiger charge is 2.13. The Morgan fingerprint density at radius 2 is 1.76 bits per heavy atom. The molecule has 0 unspecified atom stereocenters. The number of anilines is 1. The van der Waals surface area contributed by atoms with Crippen molar-refractivity contribution in [2.45, 2.75) is 70.8 Å². The summed E-state index contributed by atoms with van der Waals surface area (Å²) in [5.41, 5.74) is 1.22. The van der Waals surface area contributed by atoms with Crippen LogP contribution in [0, 0.1) is 11.8 Å². The number of aliphatic carboxylic acids is 1. The lowest BCUT2D eigenvalue weighted by Gasteiger charge is -2.20. The molecular weight excluding hydrogens is 416 g/mol. The minimum Gasteiger partial charge on any atom is -0.508 e. The van der Waals surface area contributed by atoms with Gasteiger partial charge in [-0.15, -0.1) is 0 Å². The maximum Gasteiger partial charge on any atom is 0.328 e. The second kappa shape index (κ2) is 14.9. The Kier molecular flexibility index (Phi) is 11.9. The van der Waals surface area contributed by atoms with E-state index in [1.54, 1.807) is 18.2 Å². The number of nitrogens with one attached hydrogen (secondary N) is 2. The highest BCUT2D eigenvalue weighted by molar-refractivity contribution is 5.79. The van der Waals surface area contributed by atoms with Crippen LogP contribution < -0.4 is 5.32 Å². The van der Waals surface area contributed by atoms with Crippen LogP contribution in [0.4, 0.5) is 5.82 Å². The third kappa shape index (κ3) is 11.4. The van der Waals surface area contributed by atoms with Gasteiger partial charge in [0.25, 0.3) is 0 Å². The molecule has 0 aliphatic carbocycles. The minimum absolute atomic E-state index is 0.0566. The van der Waals surface area contributed by atoms with Gasteiger partial charge < -0.3 is 25.3 Å². The van der Waals surface area contributed by atoms with Gasteiger partial charge in [-0.05, 0) is 55.0 Å². The maximum absolute atomic E-state index is 11.0. The van der Waals surface area contributed by atoms with Gasteiger partial charge in [-0.1, -0.05) is 63.7 Å². The Labute approximate surface area is 197 Å². The molecule has 0 saturated heterocycles. The Morgan fingerprint density at radius 3 is 2.42 bits per heavy atom. The van der Waals surface area contributed by atoms with E-state index in [2.05, 4.69) is 10.3 Å². The molecule has 6 heteroatoms. The van der Waals surface area contributed by atoms with Gasteiger partial charge in [0.15, 0.2) is 0 Å². The summed E-state index contributed by atoms with van der Waals surface area (Å²) in [4.78, 5) is 24.9. The van der Waals surface area contributed by atoms with Crippen LogP contribution >= 0.6 is 0 Å². The quantitative estimate of drug-likeness (QED) is 0.134. The largest absolute Gasteiger partial charge is 0.508 e. The molecular formula is C27H38N2O4. The van der Waals surface area contributed by atoms with Crippen molar-refractivity contribution in [1.29, 1.82) is 0 Å². The summed E-state index contributed by atoms with van der Waals surface area (Å²) in [6.45, 7) is 1.97. The SMILES string of the molecule is C[C@H](C=O)CCCCC[C@H](CCC[C@H](/C=C/C(=O)O)Nc1ccc[nH]1)Cc1ccc(O)cc1. The smallest absolute Gasteiger partial charge is 0.328 e. The highest BCUT2D eigenvalue weighted by atomic mass is 16.4. The zero-order valence-electron chi connectivity index (χ0n) is 19.6. The van der Waals surface area contributed by atoms with E-state index in [1.807, 2.05) is 37.4 Å². The van der Waals surface area contributed by atoms with Crippen LogP contribution in [0.5, 0.6) is 5.75 Å². The molecule has 1 heterocycles. The minimum atomic E-state index is -0.942.